The highest BCUT2D eigenvalue weighted by molar-refractivity contribution is 5.48. The first-order chi connectivity index (χ1) is 6.27. The molecule has 1 aromatic rings. The number of hydrogen-bond acceptors (Lipinski definition) is 2. The van der Waals surface area contributed by atoms with Gasteiger partial charge in [0.1, 0.15) is 0 Å². The van der Waals surface area contributed by atoms with E-state index in [1.165, 1.54) is 38.0 Å². The maximum atomic E-state index is 4.36. The molecule has 0 bridgehead atoms. The monoisotopic (exact) mass is 179 g/mol. The molecule has 13 heavy (non-hydrogen) atoms. The van der Waals surface area contributed by atoms with Gasteiger partial charge in [0.15, 0.2) is 0 Å². The summed E-state index contributed by atoms with van der Waals surface area (Å²) in [6.45, 7) is 4.49. The van der Waals surface area contributed by atoms with E-state index in [1.54, 1.807) is 0 Å². The van der Waals surface area contributed by atoms with Gasteiger partial charge in [0, 0.05) is 26.3 Å². The van der Waals surface area contributed by atoms with Crippen LogP contribution < -0.4 is 4.90 Å². The lowest BCUT2D eigenvalue weighted by molar-refractivity contribution is 0.577. The average Bonchev–Trinajstić information content (AvgIpc) is 2.47. The molecule has 1 aliphatic rings. The highest BCUT2D eigenvalue weighted by atomic mass is 15.3. The molecule has 0 atom stereocenters. The third-order valence-corrected chi connectivity index (χ3v) is 2.68. The summed E-state index contributed by atoms with van der Waals surface area (Å²) in [6.07, 6.45) is 6.17. The Morgan fingerprint density at radius 3 is 2.46 bits per heavy atom. The van der Waals surface area contributed by atoms with Crippen molar-refractivity contribution in [3.05, 3.63) is 11.9 Å². The molecule has 2 rings (SSSR count). The van der Waals surface area contributed by atoms with Crippen LogP contribution >= 0.6 is 0 Å². The number of aromatic nitrogens is 2. The molecule has 3 heteroatoms. The molecule has 1 fully saturated rings. The van der Waals surface area contributed by atoms with Crippen LogP contribution in [-0.2, 0) is 7.05 Å². The molecule has 0 radical (unpaired) electrons. The molecule has 3 nitrogen and oxygen atoms in total. The first-order valence-corrected chi connectivity index (χ1v) is 5.02. The molecular formula is C10H17N3. The lowest BCUT2D eigenvalue weighted by Gasteiger charge is -2.27. The largest absolute Gasteiger partial charge is 0.369 e. The van der Waals surface area contributed by atoms with Crippen LogP contribution in [0.15, 0.2) is 6.20 Å². The van der Waals surface area contributed by atoms with Crippen molar-refractivity contribution in [3.63, 3.8) is 0 Å². The van der Waals surface area contributed by atoms with E-state index >= 15 is 0 Å². The SMILES string of the molecule is Cc1nn(C)cc1N1CCCCC1. The van der Waals surface area contributed by atoms with Gasteiger partial charge in [-0.3, -0.25) is 4.68 Å². The fourth-order valence-electron chi connectivity index (χ4n) is 2.03. The number of nitrogens with zero attached hydrogens (tertiary/aromatic N) is 3. The van der Waals surface area contributed by atoms with Gasteiger partial charge in [0.25, 0.3) is 0 Å². The van der Waals surface area contributed by atoms with E-state index in [1.807, 2.05) is 11.7 Å². The summed E-state index contributed by atoms with van der Waals surface area (Å²) < 4.78 is 1.90. The Morgan fingerprint density at radius 2 is 1.92 bits per heavy atom. The van der Waals surface area contributed by atoms with E-state index in [0.717, 1.165) is 5.69 Å². The molecule has 0 unspecified atom stereocenters. The lowest BCUT2D eigenvalue weighted by atomic mass is 10.1. The zero-order valence-electron chi connectivity index (χ0n) is 8.45. The Labute approximate surface area is 79.3 Å². The van der Waals surface area contributed by atoms with Gasteiger partial charge in [-0.2, -0.15) is 5.10 Å². The van der Waals surface area contributed by atoms with Crippen molar-refractivity contribution in [2.24, 2.45) is 7.05 Å². The van der Waals surface area contributed by atoms with Crippen LogP contribution in [0, 0.1) is 6.92 Å². The Kier molecular flexibility index (Phi) is 2.25. The van der Waals surface area contributed by atoms with Crippen molar-refractivity contribution in [3.8, 4) is 0 Å². The van der Waals surface area contributed by atoms with Crippen LogP contribution in [0.25, 0.3) is 0 Å². The summed E-state index contributed by atoms with van der Waals surface area (Å²) in [7, 11) is 1.99. The summed E-state index contributed by atoms with van der Waals surface area (Å²) in [5.74, 6) is 0. The lowest BCUT2D eigenvalue weighted by Crippen LogP contribution is -2.29. The van der Waals surface area contributed by atoms with Crippen LogP contribution in [0.4, 0.5) is 5.69 Å². The summed E-state index contributed by atoms with van der Waals surface area (Å²) in [4.78, 5) is 2.45. The smallest absolute Gasteiger partial charge is 0.0827 e. The number of piperidine rings is 1. The minimum atomic E-state index is 1.16. The second kappa shape index (κ2) is 3.40. The Bertz CT molecular complexity index is 284. The normalized spacial score (nSPS) is 17.8. The molecular weight excluding hydrogens is 162 g/mol. The van der Waals surface area contributed by atoms with Gasteiger partial charge in [-0.25, -0.2) is 0 Å². The number of rotatable bonds is 1. The topological polar surface area (TPSA) is 21.1 Å². The fraction of sp³-hybridized carbons (Fsp3) is 0.700. The standard InChI is InChI=1S/C10H17N3/c1-9-10(8-12(2)11-9)13-6-4-3-5-7-13/h8H,3-7H2,1-2H3. The van der Waals surface area contributed by atoms with E-state index in [9.17, 15) is 0 Å². The molecule has 0 aromatic carbocycles. The fourth-order valence-corrected chi connectivity index (χ4v) is 2.03. The zero-order chi connectivity index (χ0) is 9.26. The van der Waals surface area contributed by atoms with Crippen LogP contribution in [0.2, 0.25) is 0 Å². The van der Waals surface area contributed by atoms with Gasteiger partial charge in [-0.1, -0.05) is 0 Å². The highest BCUT2D eigenvalue weighted by Crippen LogP contribution is 2.21. The molecule has 1 aliphatic heterocycles. The Balaban J connectivity index is 2.18. The highest BCUT2D eigenvalue weighted by Gasteiger charge is 2.14. The van der Waals surface area contributed by atoms with E-state index in [-0.39, 0.29) is 0 Å². The molecule has 1 saturated heterocycles. The van der Waals surface area contributed by atoms with Gasteiger partial charge >= 0.3 is 0 Å². The summed E-state index contributed by atoms with van der Waals surface area (Å²) >= 11 is 0. The minimum absolute atomic E-state index is 1.16. The maximum Gasteiger partial charge on any atom is 0.0827 e. The van der Waals surface area contributed by atoms with E-state index in [4.69, 9.17) is 0 Å². The van der Waals surface area contributed by atoms with Crippen molar-refractivity contribution in [2.45, 2.75) is 26.2 Å². The van der Waals surface area contributed by atoms with E-state index < -0.39 is 0 Å². The van der Waals surface area contributed by atoms with Crippen LogP contribution in [0.3, 0.4) is 0 Å². The van der Waals surface area contributed by atoms with Crippen molar-refractivity contribution in [1.29, 1.82) is 0 Å². The average molecular weight is 179 g/mol. The molecule has 0 spiro atoms. The van der Waals surface area contributed by atoms with Gasteiger partial charge in [0.2, 0.25) is 0 Å². The molecule has 0 N–H and O–H groups in total. The van der Waals surface area contributed by atoms with E-state index in [2.05, 4.69) is 23.1 Å². The van der Waals surface area contributed by atoms with Crippen LogP contribution in [0.1, 0.15) is 25.0 Å². The van der Waals surface area contributed by atoms with Gasteiger partial charge < -0.3 is 4.90 Å². The number of hydrogen-bond donors (Lipinski definition) is 0. The Hall–Kier alpha value is -0.990. The van der Waals surface area contributed by atoms with Gasteiger partial charge in [-0.05, 0) is 26.2 Å². The minimum Gasteiger partial charge on any atom is -0.369 e. The third kappa shape index (κ3) is 1.69. The zero-order valence-corrected chi connectivity index (χ0v) is 8.45. The molecule has 1 aromatic heterocycles. The molecule has 2 heterocycles. The predicted octanol–water partition coefficient (Wildman–Crippen LogP) is 1.72. The molecule has 0 amide bonds. The summed E-state index contributed by atoms with van der Waals surface area (Å²) in [5.41, 5.74) is 2.48. The van der Waals surface area contributed by atoms with Crippen LogP contribution in [-0.4, -0.2) is 22.9 Å². The van der Waals surface area contributed by atoms with Crippen molar-refractivity contribution < 1.29 is 0 Å². The Morgan fingerprint density at radius 1 is 1.23 bits per heavy atom. The van der Waals surface area contributed by atoms with Crippen LogP contribution in [0.5, 0.6) is 0 Å². The summed E-state index contributed by atoms with van der Waals surface area (Å²) in [6, 6.07) is 0. The van der Waals surface area contributed by atoms with Crippen molar-refractivity contribution in [1.82, 2.24) is 9.78 Å². The summed E-state index contributed by atoms with van der Waals surface area (Å²) in [5, 5.41) is 4.36. The van der Waals surface area contributed by atoms with Gasteiger partial charge in [0.05, 0.1) is 11.4 Å². The number of aryl methyl sites for hydroxylation is 2. The predicted molar refractivity (Wildman–Crippen MR) is 54.0 cm³/mol. The number of anilines is 1. The molecule has 0 saturated carbocycles. The third-order valence-electron chi connectivity index (χ3n) is 2.68. The second-order valence-electron chi connectivity index (χ2n) is 3.82. The van der Waals surface area contributed by atoms with Gasteiger partial charge in [-0.15, -0.1) is 0 Å². The molecule has 0 aliphatic carbocycles. The van der Waals surface area contributed by atoms with E-state index in [0.29, 0.717) is 0 Å². The molecule has 72 valence electrons. The maximum absolute atomic E-state index is 4.36. The quantitative estimate of drug-likeness (QED) is 0.654. The van der Waals surface area contributed by atoms with Crippen molar-refractivity contribution >= 4 is 5.69 Å². The first kappa shape index (κ1) is 8.60. The second-order valence-corrected chi connectivity index (χ2v) is 3.82. The van der Waals surface area contributed by atoms with Crippen molar-refractivity contribution in [2.75, 3.05) is 18.0 Å². The first-order valence-electron chi connectivity index (χ1n) is 5.02.